The first-order valence-electron chi connectivity index (χ1n) is 11.4. The number of H-pyrrole nitrogens is 1. The van der Waals surface area contributed by atoms with Crippen LogP contribution in [0.1, 0.15) is 57.7 Å². The van der Waals surface area contributed by atoms with Crippen molar-refractivity contribution in [1.29, 1.82) is 0 Å². The molecule has 2 heterocycles. The number of carbonyl (C=O) groups is 2. The maximum Gasteiger partial charge on any atom is 0.411 e. The van der Waals surface area contributed by atoms with Gasteiger partial charge in [0.1, 0.15) is 0 Å². The van der Waals surface area contributed by atoms with Crippen molar-refractivity contribution in [3.05, 3.63) is 63.2 Å². The number of nitrogens with zero attached hydrogens (tertiary/aromatic N) is 2. The van der Waals surface area contributed by atoms with Crippen LogP contribution in [0.15, 0.2) is 46.4 Å². The van der Waals surface area contributed by atoms with Crippen molar-refractivity contribution in [3.8, 4) is 5.69 Å². The first-order valence-corrected chi connectivity index (χ1v) is 11.4. The summed E-state index contributed by atoms with van der Waals surface area (Å²) in [6.45, 7) is 6.87. The lowest BCUT2D eigenvalue weighted by atomic mass is 9.66. The van der Waals surface area contributed by atoms with Gasteiger partial charge in [0.2, 0.25) is 5.41 Å². The molecule has 0 saturated carbocycles. The Bertz CT molecular complexity index is 1240. The summed E-state index contributed by atoms with van der Waals surface area (Å²) < 4.78 is 46.5. The Labute approximate surface area is 195 Å². The second kappa shape index (κ2) is 7.99. The monoisotopic (exact) mass is 475 g/mol. The van der Waals surface area contributed by atoms with E-state index in [-0.39, 0.29) is 30.8 Å². The fourth-order valence-corrected chi connectivity index (χ4v) is 5.31. The third-order valence-electron chi connectivity index (χ3n) is 6.74. The average molecular weight is 476 g/mol. The van der Waals surface area contributed by atoms with Crippen LogP contribution in [0.4, 0.5) is 13.2 Å². The Morgan fingerprint density at radius 3 is 2.29 bits per heavy atom. The third kappa shape index (κ3) is 3.35. The number of carbonyl (C=O) groups excluding carboxylic acids is 2. The highest BCUT2D eigenvalue weighted by atomic mass is 19.4. The molecule has 6 nitrogen and oxygen atoms in total. The van der Waals surface area contributed by atoms with Crippen molar-refractivity contribution >= 4 is 11.7 Å². The van der Waals surface area contributed by atoms with Gasteiger partial charge in [-0.15, -0.1) is 0 Å². The normalized spacial score (nSPS) is 22.5. The van der Waals surface area contributed by atoms with Crippen LogP contribution >= 0.6 is 0 Å². The molecule has 0 unspecified atom stereocenters. The highest BCUT2D eigenvalue weighted by Crippen LogP contribution is 2.57. The van der Waals surface area contributed by atoms with E-state index in [0.29, 0.717) is 18.5 Å². The quantitative estimate of drug-likeness (QED) is 0.689. The largest absolute Gasteiger partial charge is 0.411 e. The Balaban J connectivity index is 2.07. The minimum atomic E-state index is -5.19. The SMILES string of the molecule is CCCCN1C(=O)[C@@](c2c(C)[nH]n(-c3ccccc3)c2=O)(C(F)(F)F)C2=C1CC(C)(C)CC2=O. The molecule has 182 valence electrons. The lowest BCUT2D eigenvalue weighted by Gasteiger charge is -2.35. The zero-order valence-electron chi connectivity index (χ0n) is 19.7. The third-order valence-corrected chi connectivity index (χ3v) is 6.74. The summed E-state index contributed by atoms with van der Waals surface area (Å²) in [5.41, 5.74) is -5.90. The molecule has 1 aromatic heterocycles. The number of Topliss-reactive ketones (excluding diaryl/α,β-unsaturated/α-hetero) is 1. The molecule has 1 aliphatic carbocycles. The summed E-state index contributed by atoms with van der Waals surface area (Å²) in [5.74, 6) is -1.99. The van der Waals surface area contributed by atoms with Crippen LogP contribution in [0.5, 0.6) is 0 Å². The van der Waals surface area contributed by atoms with Crippen molar-refractivity contribution in [3.63, 3.8) is 0 Å². The fraction of sp³-hybridized carbons (Fsp3) is 0.480. The summed E-state index contributed by atoms with van der Waals surface area (Å²) in [5, 5.41) is 2.71. The van der Waals surface area contributed by atoms with Gasteiger partial charge in [0.15, 0.2) is 5.78 Å². The number of amides is 1. The molecule has 0 radical (unpaired) electrons. The smallest absolute Gasteiger partial charge is 0.314 e. The predicted octanol–water partition coefficient (Wildman–Crippen LogP) is 4.56. The van der Waals surface area contributed by atoms with Gasteiger partial charge >= 0.3 is 6.18 Å². The molecule has 0 bridgehead atoms. The zero-order valence-corrected chi connectivity index (χ0v) is 19.7. The van der Waals surface area contributed by atoms with Crippen molar-refractivity contribution in [2.24, 2.45) is 5.41 Å². The zero-order chi connectivity index (χ0) is 25.1. The van der Waals surface area contributed by atoms with E-state index >= 15 is 13.2 Å². The Morgan fingerprint density at radius 1 is 1.06 bits per heavy atom. The number of hydrogen-bond donors (Lipinski definition) is 1. The van der Waals surface area contributed by atoms with E-state index in [1.165, 1.54) is 6.92 Å². The lowest BCUT2D eigenvalue weighted by molar-refractivity contribution is -0.189. The number of nitrogens with one attached hydrogen (secondary N) is 1. The maximum atomic E-state index is 15.2. The molecule has 1 aliphatic heterocycles. The van der Waals surface area contributed by atoms with Crippen molar-refractivity contribution in [1.82, 2.24) is 14.7 Å². The number of halogens is 3. The second-order valence-electron chi connectivity index (χ2n) is 9.91. The molecule has 4 rings (SSSR count). The first-order chi connectivity index (χ1) is 15.9. The minimum Gasteiger partial charge on any atom is -0.314 e. The van der Waals surface area contributed by atoms with Gasteiger partial charge in [0.05, 0.1) is 11.3 Å². The van der Waals surface area contributed by atoms with Crippen LogP contribution in [-0.4, -0.2) is 39.1 Å². The molecule has 0 spiro atoms. The molecule has 1 aromatic carbocycles. The van der Waals surface area contributed by atoms with Crippen LogP contribution in [-0.2, 0) is 15.0 Å². The molecular formula is C25H28F3N3O3. The highest BCUT2D eigenvalue weighted by molar-refractivity contribution is 6.13. The van der Waals surface area contributed by atoms with Gasteiger partial charge in [0, 0.05) is 29.9 Å². The molecule has 1 atom stereocenters. The van der Waals surface area contributed by atoms with Gasteiger partial charge in [-0.1, -0.05) is 45.4 Å². The Hall–Kier alpha value is -3.10. The van der Waals surface area contributed by atoms with Crippen LogP contribution in [0.2, 0.25) is 0 Å². The topological polar surface area (TPSA) is 75.2 Å². The molecule has 1 amide bonds. The van der Waals surface area contributed by atoms with Crippen molar-refractivity contribution in [2.75, 3.05) is 6.54 Å². The number of aromatic amines is 1. The summed E-state index contributed by atoms with van der Waals surface area (Å²) in [6.07, 6.45) is -4.03. The van der Waals surface area contributed by atoms with Gasteiger partial charge < -0.3 is 4.90 Å². The van der Waals surface area contributed by atoms with E-state index in [0.717, 1.165) is 9.58 Å². The lowest BCUT2D eigenvalue weighted by Crippen LogP contribution is -2.55. The number of aryl methyl sites for hydroxylation is 1. The second-order valence-corrected chi connectivity index (χ2v) is 9.91. The maximum absolute atomic E-state index is 15.2. The summed E-state index contributed by atoms with van der Waals surface area (Å²) >= 11 is 0. The number of para-hydroxylation sites is 1. The molecule has 2 aliphatic rings. The number of allylic oxidation sites excluding steroid dienone is 1. The van der Waals surface area contributed by atoms with E-state index in [2.05, 4.69) is 5.10 Å². The number of alkyl halides is 3. The van der Waals surface area contributed by atoms with Crippen LogP contribution in [0.25, 0.3) is 5.69 Å². The molecule has 1 N–H and O–H groups in total. The van der Waals surface area contributed by atoms with Gasteiger partial charge in [-0.2, -0.15) is 13.2 Å². The number of benzene rings is 1. The molecule has 0 saturated heterocycles. The van der Waals surface area contributed by atoms with Gasteiger partial charge in [-0.25, -0.2) is 4.68 Å². The highest BCUT2D eigenvalue weighted by Gasteiger charge is 2.73. The number of unbranched alkanes of at least 4 members (excludes halogenated alkanes) is 1. The first kappa shape index (κ1) is 24.0. The molecule has 2 aromatic rings. The Kier molecular flexibility index (Phi) is 5.65. The van der Waals surface area contributed by atoms with E-state index in [4.69, 9.17) is 0 Å². The van der Waals surface area contributed by atoms with Crippen molar-refractivity contribution in [2.45, 2.75) is 65.0 Å². The van der Waals surface area contributed by atoms with E-state index < -0.39 is 45.4 Å². The summed E-state index contributed by atoms with van der Waals surface area (Å²) in [4.78, 5) is 41.8. The fourth-order valence-electron chi connectivity index (χ4n) is 5.31. The number of aromatic nitrogens is 2. The van der Waals surface area contributed by atoms with Crippen LogP contribution in [0, 0.1) is 12.3 Å². The van der Waals surface area contributed by atoms with Gasteiger partial charge in [-0.05, 0) is 37.3 Å². The number of hydrogen-bond acceptors (Lipinski definition) is 3. The minimum absolute atomic E-state index is 0.0612. The van der Waals surface area contributed by atoms with Crippen molar-refractivity contribution < 1.29 is 22.8 Å². The van der Waals surface area contributed by atoms with E-state index in [9.17, 15) is 14.4 Å². The molecular weight excluding hydrogens is 447 g/mol. The van der Waals surface area contributed by atoms with Crippen LogP contribution in [0.3, 0.4) is 0 Å². The van der Waals surface area contributed by atoms with Gasteiger partial charge in [-0.3, -0.25) is 19.5 Å². The average Bonchev–Trinajstić information content (AvgIpc) is 3.16. The summed E-state index contributed by atoms with van der Waals surface area (Å²) in [6, 6.07) is 8.16. The number of ketones is 1. The predicted molar refractivity (Wildman–Crippen MR) is 121 cm³/mol. The standard InChI is InChI=1S/C25H28F3N3O3/c1-5-6-12-30-17-13-23(3,4)14-18(32)20(17)24(22(30)34,25(26,27)28)19-15(2)29-31(21(19)33)16-10-8-7-9-11-16/h7-11,29H,5-6,12-14H2,1-4H3/t24-/m0/s1. The molecule has 9 heteroatoms. The van der Waals surface area contributed by atoms with E-state index in [1.807, 2.05) is 6.92 Å². The molecule has 34 heavy (non-hydrogen) atoms. The summed E-state index contributed by atoms with van der Waals surface area (Å²) in [7, 11) is 0. The number of rotatable bonds is 5. The van der Waals surface area contributed by atoms with Crippen LogP contribution < -0.4 is 5.56 Å². The van der Waals surface area contributed by atoms with Gasteiger partial charge in [0.25, 0.3) is 11.5 Å². The Morgan fingerprint density at radius 2 is 1.71 bits per heavy atom. The van der Waals surface area contributed by atoms with E-state index in [1.54, 1.807) is 44.2 Å². The molecule has 0 fully saturated rings.